The number of aromatic amines is 1. The fourth-order valence-corrected chi connectivity index (χ4v) is 2.84. The molecule has 0 aliphatic heterocycles. The van der Waals surface area contributed by atoms with E-state index in [2.05, 4.69) is 20.3 Å². The summed E-state index contributed by atoms with van der Waals surface area (Å²) in [6, 6.07) is 8.88. The molecule has 3 aromatic rings. The third-order valence-electron chi connectivity index (χ3n) is 3.84. The Kier molecular flexibility index (Phi) is 3.85. The number of halogens is 2. The van der Waals surface area contributed by atoms with E-state index < -0.39 is 17.4 Å². The molecule has 0 spiro atoms. The summed E-state index contributed by atoms with van der Waals surface area (Å²) in [6.45, 7) is 0. The van der Waals surface area contributed by atoms with Gasteiger partial charge >= 0.3 is 0 Å². The lowest BCUT2D eigenvalue weighted by molar-refractivity contribution is 0.0977. The van der Waals surface area contributed by atoms with E-state index in [4.69, 9.17) is 11.6 Å². The van der Waals surface area contributed by atoms with Crippen LogP contribution in [0, 0.1) is 5.82 Å². The summed E-state index contributed by atoms with van der Waals surface area (Å²) >= 11 is 6.10. The van der Waals surface area contributed by atoms with Crippen LogP contribution in [0.5, 0.6) is 0 Å². The van der Waals surface area contributed by atoms with Crippen LogP contribution in [0.3, 0.4) is 0 Å². The van der Waals surface area contributed by atoms with Crippen LogP contribution >= 0.6 is 11.6 Å². The number of rotatable bonds is 3. The fourth-order valence-electron chi connectivity index (χ4n) is 2.61. The van der Waals surface area contributed by atoms with Crippen molar-refractivity contribution in [3.8, 4) is 11.4 Å². The molecule has 6 nitrogen and oxygen atoms in total. The Morgan fingerprint density at radius 1 is 1.08 bits per heavy atom. The minimum Gasteiger partial charge on any atom is -0.351 e. The highest BCUT2D eigenvalue weighted by Gasteiger charge is 2.35. The number of hydrogen-bond acceptors (Lipinski definition) is 5. The molecule has 0 fully saturated rings. The Morgan fingerprint density at radius 2 is 1.85 bits per heavy atom. The summed E-state index contributed by atoms with van der Waals surface area (Å²) in [4.78, 5) is 36.3. The number of fused-ring (bicyclic) bond motifs is 1. The van der Waals surface area contributed by atoms with Gasteiger partial charge in [0, 0.05) is 23.6 Å². The molecule has 1 aromatic carbocycles. The van der Waals surface area contributed by atoms with Crippen molar-refractivity contribution >= 4 is 28.9 Å². The standard InChI is InChI=1S/C18H10ClFN4O2/c19-12-13(22-11-3-1-2-10(20)8-11)17(26)15-14(16(12)25)23-18(24-15)9-4-6-21-7-5-9/h1-8,22H,(H,23,24). The molecule has 0 bridgehead atoms. The van der Waals surface area contributed by atoms with E-state index in [1.807, 2.05) is 0 Å². The normalized spacial score (nSPS) is 13.8. The molecule has 1 aliphatic carbocycles. The third-order valence-corrected chi connectivity index (χ3v) is 4.20. The van der Waals surface area contributed by atoms with Gasteiger partial charge in [0.25, 0.3) is 0 Å². The summed E-state index contributed by atoms with van der Waals surface area (Å²) in [5, 5.41) is 2.43. The summed E-state index contributed by atoms with van der Waals surface area (Å²) < 4.78 is 13.4. The number of imidazole rings is 1. The lowest BCUT2D eigenvalue weighted by Gasteiger charge is -2.15. The molecule has 1 aliphatic rings. The number of carbonyl (C=O) groups excluding carboxylic acids is 2. The largest absolute Gasteiger partial charge is 0.351 e. The maximum Gasteiger partial charge on any atom is 0.231 e. The predicted molar refractivity (Wildman–Crippen MR) is 93.4 cm³/mol. The van der Waals surface area contributed by atoms with Gasteiger partial charge in [-0.1, -0.05) is 17.7 Å². The zero-order chi connectivity index (χ0) is 18.3. The van der Waals surface area contributed by atoms with Gasteiger partial charge in [-0.3, -0.25) is 14.6 Å². The summed E-state index contributed by atoms with van der Waals surface area (Å²) in [6.07, 6.45) is 3.14. The molecule has 26 heavy (non-hydrogen) atoms. The fraction of sp³-hybridized carbons (Fsp3) is 0. The number of nitrogens with one attached hydrogen (secondary N) is 2. The van der Waals surface area contributed by atoms with Crippen molar-refractivity contribution in [3.63, 3.8) is 0 Å². The van der Waals surface area contributed by atoms with Gasteiger partial charge in [0.15, 0.2) is 0 Å². The Hall–Kier alpha value is -3.32. The van der Waals surface area contributed by atoms with E-state index in [0.717, 1.165) is 0 Å². The SMILES string of the molecule is O=C1C(Nc2cccc(F)c2)=C(Cl)C(=O)c2[nH]c(-c3ccncc3)nc21. The van der Waals surface area contributed by atoms with Gasteiger partial charge in [0.2, 0.25) is 11.6 Å². The van der Waals surface area contributed by atoms with Crippen LogP contribution in [0.1, 0.15) is 21.0 Å². The number of Topliss-reactive ketones (excluding diaryl/α,β-unsaturated/α-hetero) is 2. The Balaban J connectivity index is 1.74. The molecule has 2 N–H and O–H groups in total. The topological polar surface area (TPSA) is 87.7 Å². The van der Waals surface area contributed by atoms with E-state index in [1.54, 1.807) is 30.6 Å². The number of pyridine rings is 1. The molecule has 8 heteroatoms. The number of ketones is 2. The minimum absolute atomic E-state index is 0.0246. The zero-order valence-corrected chi connectivity index (χ0v) is 13.8. The second-order valence-corrected chi connectivity index (χ2v) is 5.91. The number of H-pyrrole nitrogens is 1. The van der Waals surface area contributed by atoms with Gasteiger partial charge in [0.05, 0.1) is 0 Å². The zero-order valence-electron chi connectivity index (χ0n) is 13.1. The molecule has 2 heterocycles. The maximum absolute atomic E-state index is 13.4. The first-order chi connectivity index (χ1) is 12.5. The highest BCUT2D eigenvalue weighted by Crippen LogP contribution is 2.30. The second-order valence-electron chi connectivity index (χ2n) is 5.53. The first kappa shape index (κ1) is 16.2. The van der Waals surface area contributed by atoms with Crippen LogP contribution in [0.25, 0.3) is 11.4 Å². The van der Waals surface area contributed by atoms with Crippen LogP contribution in [0.15, 0.2) is 59.5 Å². The lowest BCUT2D eigenvalue weighted by Crippen LogP contribution is -2.24. The first-order valence-corrected chi connectivity index (χ1v) is 7.94. The van der Waals surface area contributed by atoms with E-state index in [9.17, 15) is 14.0 Å². The maximum atomic E-state index is 13.4. The number of aromatic nitrogens is 3. The van der Waals surface area contributed by atoms with Crippen molar-refractivity contribution in [3.05, 3.63) is 76.7 Å². The minimum atomic E-state index is -0.562. The molecular formula is C18H10ClFN4O2. The molecule has 0 saturated heterocycles. The van der Waals surface area contributed by atoms with Crippen LogP contribution in [0.4, 0.5) is 10.1 Å². The predicted octanol–water partition coefficient (Wildman–Crippen LogP) is 3.55. The highest BCUT2D eigenvalue weighted by molar-refractivity contribution is 6.50. The molecule has 0 unspecified atom stereocenters. The van der Waals surface area contributed by atoms with Gasteiger partial charge in [-0.15, -0.1) is 0 Å². The third kappa shape index (κ3) is 2.68. The van der Waals surface area contributed by atoms with Crippen molar-refractivity contribution in [2.45, 2.75) is 0 Å². The Morgan fingerprint density at radius 3 is 2.58 bits per heavy atom. The molecule has 0 radical (unpaired) electrons. The summed E-state index contributed by atoms with van der Waals surface area (Å²) in [5.74, 6) is -1.24. The first-order valence-electron chi connectivity index (χ1n) is 7.57. The van der Waals surface area contributed by atoms with Crippen molar-refractivity contribution < 1.29 is 14.0 Å². The molecule has 128 valence electrons. The van der Waals surface area contributed by atoms with Gasteiger partial charge in [-0.2, -0.15) is 0 Å². The molecule has 0 atom stereocenters. The van der Waals surface area contributed by atoms with E-state index in [0.29, 0.717) is 17.1 Å². The van der Waals surface area contributed by atoms with Crippen molar-refractivity contribution in [2.24, 2.45) is 0 Å². The quantitative estimate of drug-likeness (QED) is 0.738. The van der Waals surface area contributed by atoms with E-state index in [1.165, 1.54) is 18.2 Å². The van der Waals surface area contributed by atoms with Gasteiger partial charge in [0.1, 0.15) is 33.8 Å². The Bertz CT molecular complexity index is 1080. The molecule has 4 rings (SSSR count). The number of benzene rings is 1. The number of nitrogens with zero attached hydrogens (tertiary/aromatic N) is 2. The second kappa shape index (κ2) is 6.20. The average Bonchev–Trinajstić information content (AvgIpc) is 3.10. The molecule has 0 amide bonds. The summed E-state index contributed by atoms with van der Waals surface area (Å²) in [5.41, 5.74) is 0.822. The highest BCUT2D eigenvalue weighted by atomic mass is 35.5. The van der Waals surface area contributed by atoms with Gasteiger partial charge in [-0.25, -0.2) is 9.37 Å². The van der Waals surface area contributed by atoms with Crippen LogP contribution < -0.4 is 5.32 Å². The van der Waals surface area contributed by atoms with Crippen LogP contribution in [-0.2, 0) is 0 Å². The number of carbonyl (C=O) groups is 2. The number of allylic oxidation sites excluding steroid dienone is 2. The molecule has 2 aromatic heterocycles. The lowest BCUT2D eigenvalue weighted by atomic mass is 10.0. The van der Waals surface area contributed by atoms with E-state index in [-0.39, 0.29) is 22.1 Å². The van der Waals surface area contributed by atoms with E-state index >= 15 is 0 Å². The van der Waals surface area contributed by atoms with Gasteiger partial charge in [-0.05, 0) is 30.3 Å². The number of hydrogen-bond donors (Lipinski definition) is 2. The smallest absolute Gasteiger partial charge is 0.231 e. The van der Waals surface area contributed by atoms with Crippen molar-refractivity contribution in [1.29, 1.82) is 0 Å². The molecular weight excluding hydrogens is 359 g/mol. The van der Waals surface area contributed by atoms with Crippen molar-refractivity contribution in [2.75, 3.05) is 5.32 Å². The van der Waals surface area contributed by atoms with Gasteiger partial charge < -0.3 is 10.3 Å². The Labute approximate surface area is 151 Å². The monoisotopic (exact) mass is 368 g/mol. The van der Waals surface area contributed by atoms with Crippen LogP contribution in [0.2, 0.25) is 0 Å². The van der Waals surface area contributed by atoms with Crippen LogP contribution in [-0.4, -0.2) is 26.5 Å². The number of anilines is 1. The average molecular weight is 369 g/mol. The van der Waals surface area contributed by atoms with Crippen molar-refractivity contribution in [1.82, 2.24) is 15.0 Å². The summed E-state index contributed by atoms with van der Waals surface area (Å²) in [7, 11) is 0. The molecule has 0 saturated carbocycles.